The fourth-order valence-electron chi connectivity index (χ4n) is 5.60. The van der Waals surface area contributed by atoms with Crippen molar-refractivity contribution in [3.05, 3.63) is 120 Å². The average molecular weight is 587 g/mol. The molecule has 6 heteroatoms. The number of para-hydroxylation sites is 2. The van der Waals surface area contributed by atoms with Gasteiger partial charge in [-0.3, -0.25) is 0 Å². The lowest BCUT2D eigenvalue weighted by atomic mass is 9.94. The summed E-state index contributed by atoms with van der Waals surface area (Å²) >= 11 is 8.07. The molecule has 42 heavy (non-hydrogen) atoms. The van der Waals surface area contributed by atoms with Gasteiger partial charge in [0.05, 0.1) is 42.5 Å². The van der Waals surface area contributed by atoms with E-state index in [9.17, 15) is 0 Å². The van der Waals surface area contributed by atoms with Crippen molar-refractivity contribution < 1.29 is 9.47 Å². The van der Waals surface area contributed by atoms with Gasteiger partial charge in [-0.25, -0.2) is 4.98 Å². The molecule has 0 saturated heterocycles. The van der Waals surface area contributed by atoms with Crippen molar-refractivity contribution in [2.24, 2.45) is 0 Å². The first-order valence-electron chi connectivity index (χ1n) is 13.6. The lowest BCUT2D eigenvalue weighted by Gasteiger charge is -2.33. The summed E-state index contributed by atoms with van der Waals surface area (Å²) in [7, 11) is 3.35. The van der Waals surface area contributed by atoms with Gasteiger partial charge in [-0.15, -0.1) is 0 Å². The van der Waals surface area contributed by atoms with Crippen LogP contribution in [0.3, 0.4) is 0 Å². The molecule has 6 aromatic rings. The highest BCUT2D eigenvalue weighted by molar-refractivity contribution is 7.99. The third-order valence-corrected chi connectivity index (χ3v) is 9.01. The van der Waals surface area contributed by atoms with E-state index >= 15 is 0 Å². The largest absolute Gasteiger partial charge is 0.497 e. The van der Waals surface area contributed by atoms with Gasteiger partial charge in [-0.1, -0.05) is 65.8 Å². The maximum Gasteiger partial charge on any atom is 0.123 e. The van der Waals surface area contributed by atoms with Gasteiger partial charge >= 0.3 is 0 Å². The molecule has 0 atom stereocenters. The van der Waals surface area contributed by atoms with Gasteiger partial charge in [0.2, 0.25) is 0 Å². The summed E-state index contributed by atoms with van der Waals surface area (Å²) in [6.07, 6.45) is 0. The third-order valence-electron chi connectivity index (χ3n) is 7.62. The number of anilines is 3. The van der Waals surface area contributed by atoms with Crippen LogP contribution >= 0.6 is 23.4 Å². The summed E-state index contributed by atoms with van der Waals surface area (Å²) in [4.78, 5) is 10.1. The van der Waals surface area contributed by atoms with Crippen LogP contribution in [0.1, 0.15) is 5.56 Å². The Bertz CT molecular complexity index is 1910. The Hall–Kier alpha value is -4.45. The summed E-state index contributed by atoms with van der Waals surface area (Å²) in [5.74, 6) is 1.46. The zero-order chi connectivity index (χ0) is 28.8. The Balaban J connectivity index is 1.58. The molecule has 0 spiro atoms. The molecule has 4 nitrogen and oxygen atoms in total. The Morgan fingerprint density at radius 3 is 1.90 bits per heavy atom. The lowest BCUT2D eigenvalue weighted by molar-refractivity contribution is 0.394. The molecular weight excluding hydrogens is 560 g/mol. The molecule has 0 fully saturated rings. The van der Waals surface area contributed by atoms with Crippen molar-refractivity contribution in [3.63, 3.8) is 0 Å². The van der Waals surface area contributed by atoms with E-state index in [2.05, 4.69) is 90.7 Å². The number of methoxy groups -OCH3 is 2. The van der Waals surface area contributed by atoms with Crippen molar-refractivity contribution in [3.8, 4) is 33.9 Å². The Kier molecular flexibility index (Phi) is 6.77. The molecule has 0 N–H and O–H groups in total. The number of hydrogen-bond acceptors (Lipinski definition) is 5. The first-order chi connectivity index (χ1) is 20.5. The highest BCUT2D eigenvalue weighted by atomic mass is 35.5. The van der Waals surface area contributed by atoms with Crippen molar-refractivity contribution in [2.45, 2.75) is 16.7 Å². The van der Waals surface area contributed by atoms with Gasteiger partial charge < -0.3 is 14.4 Å². The number of benzene rings is 5. The van der Waals surface area contributed by atoms with E-state index in [1.165, 1.54) is 9.79 Å². The molecule has 0 aliphatic carbocycles. The summed E-state index contributed by atoms with van der Waals surface area (Å²) in [6, 6.07) is 37.5. The second-order valence-electron chi connectivity index (χ2n) is 10.2. The smallest absolute Gasteiger partial charge is 0.123 e. The van der Waals surface area contributed by atoms with Crippen LogP contribution in [-0.2, 0) is 0 Å². The van der Waals surface area contributed by atoms with Crippen LogP contribution in [0.15, 0.2) is 119 Å². The molecular formula is C36H27ClN2O2S. The van der Waals surface area contributed by atoms with Crippen molar-refractivity contribution in [2.75, 3.05) is 19.1 Å². The molecule has 206 valence electrons. The van der Waals surface area contributed by atoms with Gasteiger partial charge in [0.25, 0.3) is 0 Å². The number of rotatable bonds is 5. The van der Waals surface area contributed by atoms with Crippen molar-refractivity contribution in [1.29, 1.82) is 0 Å². The fourth-order valence-corrected chi connectivity index (χ4v) is 6.78. The zero-order valence-electron chi connectivity index (χ0n) is 23.4. The molecule has 0 radical (unpaired) electrons. The fraction of sp³-hybridized carbons (Fsp3) is 0.0833. The molecule has 0 saturated carbocycles. The van der Waals surface area contributed by atoms with E-state index in [0.29, 0.717) is 5.02 Å². The first kappa shape index (κ1) is 26.4. The Morgan fingerprint density at radius 2 is 1.29 bits per heavy atom. The number of pyridine rings is 1. The van der Waals surface area contributed by atoms with Crippen LogP contribution in [0.5, 0.6) is 11.5 Å². The Morgan fingerprint density at radius 1 is 0.667 bits per heavy atom. The van der Waals surface area contributed by atoms with E-state index in [4.69, 9.17) is 26.1 Å². The predicted molar refractivity (Wildman–Crippen MR) is 174 cm³/mol. The number of hydrogen-bond donors (Lipinski definition) is 0. The van der Waals surface area contributed by atoms with E-state index < -0.39 is 0 Å². The van der Waals surface area contributed by atoms with Gasteiger partial charge in [-0.05, 0) is 84.3 Å². The van der Waals surface area contributed by atoms with Crippen molar-refractivity contribution >= 4 is 51.3 Å². The second kappa shape index (κ2) is 10.8. The summed E-state index contributed by atoms with van der Waals surface area (Å²) < 4.78 is 11.3. The van der Waals surface area contributed by atoms with Gasteiger partial charge in [0.1, 0.15) is 11.5 Å². The maximum absolute atomic E-state index is 6.27. The number of aryl methyl sites for hydroxylation is 1. The van der Waals surface area contributed by atoms with Gasteiger partial charge in [0.15, 0.2) is 0 Å². The SMILES string of the molecule is COc1cc(OC)cc(-c2cc(-c3ccc(Cl)cc3)nc3c(N4c5ccccc5Sc5ccccc54)ccc(C)c23)c1. The molecule has 2 heterocycles. The second-order valence-corrected chi connectivity index (χ2v) is 11.7. The number of ether oxygens (including phenoxy) is 2. The zero-order valence-corrected chi connectivity index (χ0v) is 25.0. The van der Waals surface area contributed by atoms with Crippen LogP contribution in [0.25, 0.3) is 33.3 Å². The van der Waals surface area contributed by atoms with Gasteiger partial charge in [0, 0.05) is 31.8 Å². The quantitative estimate of drug-likeness (QED) is 0.200. The topological polar surface area (TPSA) is 34.6 Å². The standard InChI is InChI=1S/C36H27ClN2O2S/c1-22-12-17-32(39-30-8-4-6-10-33(30)42-34-11-7-5-9-31(34)39)36-35(22)28(24-18-26(40-2)20-27(19-24)41-3)21-29(38-36)23-13-15-25(37)16-14-23/h4-21H,1-3H3. The lowest BCUT2D eigenvalue weighted by Crippen LogP contribution is -2.15. The van der Waals surface area contributed by atoms with Gasteiger partial charge in [-0.2, -0.15) is 0 Å². The molecule has 5 aromatic carbocycles. The molecule has 1 aliphatic rings. The van der Waals surface area contributed by atoms with E-state index in [1.54, 1.807) is 26.0 Å². The van der Waals surface area contributed by atoms with Crippen LogP contribution in [-0.4, -0.2) is 19.2 Å². The molecule has 1 aromatic heterocycles. The molecule has 0 amide bonds. The summed E-state index contributed by atoms with van der Waals surface area (Å²) in [6.45, 7) is 2.14. The minimum absolute atomic E-state index is 0.688. The number of fused-ring (bicyclic) bond motifs is 3. The molecule has 7 rings (SSSR count). The summed E-state index contributed by atoms with van der Waals surface area (Å²) in [5.41, 5.74) is 9.21. The van der Waals surface area contributed by atoms with E-state index in [1.807, 2.05) is 30.3 Å². The minimum atomic E-state index is 0.688. The maximum atomic E-state index is 6.27. The van der Waals surface area contributed by atoms with Crippen LogP contribution < -0.4 is 14.4 Å². The molecule has 1 aliphatic heterocycles. The highest BCUT2D eigenvalue weighted by Crippen LogP contribution is 2.53. The number of aromatic nitrogens is 1. The number of nitrogens with zero attached hydrogens (tertiary/aromatic N) is 2. The normalized spacial score (nSPS) is 12.1. The third kappa shape index (κ3) is 4.55. The molecule has 0 bridgehead atoms. The first-order valence-corrected chi connectivity index (χ1v) is 14.8. The van der Waals surface area contributed by atoms with E-state index in [0.717, 1.165) is 67.4 Å². The van der Waals surface area contributed by atoms with E-state index in [-0.39, 0.29) is 0 Å². The van der Waals surface area contributed by atoms with Crippen LogP contribution in [0.4, 0.5) is 17.1 Å². The average Bonchev–Trinajstić information content (AvgIpc) is 3.03. The monoisotopic (exact) mass is 586 g/mol. The molecule has 0 unspecified atom stereocenters. The Labute approximate surface area is 254 Å². The van der Waals surface area contributed by atoms with Crippen LogP contribution in [0, 0.1) is 6.92 Å². The predicted octanol–water partition coefficient (Wildman–Crippen LogP) is 10.5. The van der Waals surface area contributed by atoms with Crippen molar-refractivity contribution in [1.82, 2.24) is 4.98 Å². The highest BCUT2D eigenvalue weighted by Gasteiger charge is 2.27. The number of halogens is 1. The van der Waals surface area contributed by atoms with Crippen LogP contribution in [0.2, 0.25) is 5.02 Å². The minimum Gasteiger partial charge on any atom is -0.497 e. The summed E-state index contributed by atoms with van der Waals surface area (Å²) in [5, 5.41) is 1.77.